The second-order valence-corrected chi connectivity index (χ2v) is 8.59. The molecule has 1 aromatic carbocycles. The van der Waals surface area contributed by atoms with Crippen LogP contribution in [0.4, 0.5) is 0 Å². The molecular weight excluding hydrogens is 286 g/mol. The molecule has 0 N–H and O–H groups in total. The minimum Gasteiger partial charge on any atom is -0.462 e. The Morgan fingerprint density at radius 1 is 0.957 bits per heavy atom. The Morgan fingerprint density at radius 3 is 1.83 bits per heavy atom. The molecule has 0 aliphatic carbocycles. The maximum atomic E-state index is 12.4. The van der Waals surface area contributed by atoms with Crippen molar-refractivity contribution in [3.8, 4) is 0 Å². The van der Waals surface area contributed by atoms with Crippen molar-refractivity contribution in [1.29, 1.82) is 0 Å². The Balaban J connectivity index is 2.99. The first-order valence-electron chi connectivity index (χ1n) is 8.39. The van der Waals surface area contributed by atoms with Gasteiger partial charge in [-0.2, -0.15) is 0 Å². The van der Waals surface area contributed by atoms with Crippen LogP contribution < -0.4 is 0 Å². The van der Waals surface area contributed by atoms with E-state index in [9.17, 15) is 4.79 Å². The van der Waals surface area contributed by atoms with E-state index >= 15 is 0 Å². The maximum absolute atomic E-state index is 12.4. The number of hydrogen-bond donors (Lipinski definition) is 0. The minimum atomic E-state index is -0.222. The molecule has 0 saturated carbocycles. The summed E-state index contributed by atoms with van der Waals surface area (Å²) < 4.78 is 5.45. The molecule has 0 spiro atoms. The van der Waals surface area contributed by atoms with Crippen LogP contribution in [0.25, 0.3) is 0 Å². The number of benzene rings is 1. The molecule has 0 unspecified atom stereocenters. The number of rotatable bonds is 5. The standard InChI is InChI=1S/C20H33NO2/c1-19(2,3)16-12-15(13-17(14-16)20(4,5)6)18(22)23-11-9-10-21(7)8/h12-14H,9-11H2,1-8H3. The first-order chi connectivity index (χ1) is 10.4. The maximum Gasteiger partial charge on any atom is 0.338 e. The molecule has 0 aliphatic heterocycles. The summed E-state index contributed by atoms with van der Waals surface area (Å²) in [6.07, 6.45) is 0.851. The molecule has 0 bridgehead atoms. The van der Waals surface area contributed by atoms with E-state index in [0.29, 0.717) is 12.2 Å². The van der Waals surface area contributed by atoms with Crippen LogP contribution in [-0.4, -0.2) is 38.1 Å². The highest BCUT2D eigenvalue weighted by atomic mass is 16.5. The lowest BCUT2D eigenvalue weighted by molar-refractivity contribution is 0.0493. The molecule has 0 atom stereocenters. The minimum absolute atomic E-state index is 0.00120. The van der Waals surface area contributed by atoms with Gasteiger partial charge in [0, 0.05) is 6.54 Å². The van der Waals surface area contributed by atoms with E-state index < -0.39 is 0 Å². The lowest BCUT2D eigenvalue weighted by atomic mass is 9.79. The molecule has 23 heavy (non-hydrogen) atoms. The van der Waals surface area contributed by atoms with E-state index in [0.717, 1.165) is 13.0 Å². The van der Waals surface area contributed by atoms with E-state index in [4.69, 9.17) is 4.74 Å². The summed E-state index contributed by atoms with van der Waals surface area (Å²) in [5, 5.41) is 0. The third-order valence-corrected chi connectivity index (χ3v) is 3.88. The zero-order chi connectivity index (χ0) is 17.8. The van der Waals surface area contributed by atoms with Gasteiger partial charge in [-0.15, -0.1) is 0 Å². The van der Waals surface area contributed by atoms with Crippen molar-refractivity contribution in [2.75, 3.05) is 27.2 Å². The quantitative estimate of drug-likeness (QED) is 0.595. The molecule has 1 aromatic rings. The lowest BCUT2D eigenvalue weighted by Gasteiger charge is -2.26. The van der Waals surface area contributed by atoms with E-state index in [1.165, 1.54) is 11.1 Å². The Bertz CT molecular complexity index is 501. The highest BCUT2D eigenvalue weighted by Gasteiger charge is 2.22. The van der Waals surface area contributed by atoms with Gasteiger partial charge in [0.15, 0.2) is 0 Å². The zero-order valence-electron chi connectivity index (χ0n) is 16.1. The first-order valence-corrected chi connectivity index (χ1v) is 8.39. The zero-order valence-corrected chi connectivity index (χ0v) is 16.1. The summed E-state index contributed by atoms with van der Waals surface area (Å²) in [5.74, 6) is -0.222. The second kappa shape index (κ2) is 7.48. The average molecular weight is 319 g/mol. The Morgan fingerprint density at radius 2 is 1.43 bits per heavy atom. The summed E-state index contributed by atoms with van der Waals surface area (Å²) in [6, 6.07) is 6.16. The summed E-state index contributed by atoms with van der Waals surface area (Å²) >= 11 is 0. The molecule has 0 aromatic heterocycles. The van der Waals surface area contributed by atoms with Crippen molar-refractivity contribution < 1.29 is 9.53 Å². The second-order valence-electron chi connectivity index (χ2n) is 8.59. The molecular formula is C20H33NO2. The van der Waals surface area contributed by atoms with E-state index in [1.807, 2.05) is 26.2 Å². The Hall–Kier alpha value is -1.35. The molecule has 0 aliphatic rings. The van der Waals surface area contributed by atoms with Crippen LogP contribution in [-0.2, 0) is 15.6 Å². The number of carbonyl (C=O) groups excluding carboxylic acids is 1. The van der Waals surface area contributed by atoms with Gasteiger partial charge < -0.3 is 9.64 Å². The summed E-state index contributed by atoms with van der Waals surface area (Å²) in [7, 11) is 4.04. The fourth-order valence-electron chi connectivity index (χ4n) is 2.24. The number of esters is 1. The predicted molar refractivity (Wildman–Crippen MR) is 97.3 cm³/mol. The lowest BCUT2D eigenvalue weighted by Crippen LogP contribution is -2.19. The van der Waals surface area contributed by atoms with E-state index in [2.05, 4.69) is 52.5 Å². The fraction of sp³-hybridized carbons (Fsp3) is 0.650. The van der Waals surface area contributed by atoms with Crippen LogP contribution >= 0.6 is 0 Å². The van der Waals surface area contributed by atoms with Crippen LogP contribution in [0.15, 0.2) is 18.2 Å². The normalized spacial score (nSPS) is 12.6. The van der Waals surface area contributed by atoms with Gasteiger partial charge >= 0.3 is 5.97 Å². The molecule has 130 valence electrons. The van der Waals surface area contributed by atoms with Gasteiger partial charge in [-0.25, -0.2) is 4.79 Å². The van der Waals surface area contributed by atoms with Gasteiger partial charge in [0.1, 0.15) is 0 Å². The van der Waals surface area contributed by atoms with E-state index in [-0.39, 0.29) is 16.8 Å². The summed E-state index contributed by atoms with van der Waals surface area (Å²) in [4.78, 5) is 14.5. The number of carbonyl (C=O) groups is 1. The largest absolute Gasteiger partial charge is 0.462 e. The topological polar surface area (TPSA) is 29.5 Å². The molecule has 0 fully saturated rings. The molecule has 3 nitrogen and oxygen atoms in total. The first kappa shape index (κ1) is 19.7. The van der Waals surface area contributed by atoms with Gasteiger partial charge in [-0.3, -0.25) is 0 Å². The van der Waals surface area contributed by atoms with Crippen molar-refractivity contribution in [3.05, 3.63) is 34.9 Å². The number of nitrogens with zero attached hydrogens (tertiary/aromatic N) is 1. The van der Waals surface area contributed by atoms with Crippen LogP contribution in [0.2, 0.25) is 0 Å². The van der Waals surface area contributed by atoms with Gasteiger partial charge in [0.2, 0.25) is 0 Å². The number of hydrogen-bond acceptors (Lipinski definition) is 3. The number of ether oxygens (including phenoxy) is 1. The Kier molecular flexibility index (Phi) is 6.41. The SMILES string of the molecule is CN(C)CCCOC(=O)c1cc(C(C)(C)C)cc(C(C)(C)C)c1. The summed E-state index contributed by atoms with van der Waals surface area (Å²) in [5.41, 5.74) is 3.00. The predicted octanol–water partition coefficient (Wildman–Crippen LogP) is 4.39. The third-order valence-electron chi connectivity index (χ3n) is 3.88. The molecule has 0 radical (unpaired) electrons. The molecule has 1 rings (SSSR count). The summed E-state index contributed by atoms with van der Waals surface area (Å²) in [6.45, 7) is 14.4. The highest BCUT2D eigenvalue weighted by Crippen LogP contribution is 2.30. The van der Waals surface area contributed by atoms with Crippen molar-refractivity contribution in [1.82, 2.24) is 4.90 Å². The van der Waals surface area contributed by atoms with Crippen LogP contribution in [0, 0.1) is 0 Å². The van der Waals surface area contributed by atoms with Gasteiger partial charge in [-0.1, -0.05) is 47.6 Å². The van der Waals surface area contributed by atoms with E-state index in [1.54, 1.807) is 0 Å². The van der Waals surface area contributed by atoms with Crippen molar-refractivity contribution in [3.63, 3.8) is 0 Å². The third kappa shape index (κ3) is 6.34. The van der Waals surface area contributed by atoms with Gasteiger partial charge in [0.25, 0.3) is 0 Å². The van der Waals surface area contributed by atoms with Crippen LogP contribution in [0.1, 0.15) is 69.4 Å². The van der Waals surface area contributed by atoms with Gasteiger partial charge in [0.05, 0.1) is 12.2 Å². The average Bonchev–Trinajstić information content (AvgIpc) is 2.40. The van der Waals surface area contributed by atoms with Gasteiger partial charge in [-0.05, 0) is 54.6 Å². The Labute approximate surface area is 142 Å². The monoisotopic (exact) mass is 319 g/mol. The molecule has 0 saturated heterocycles. The molecule has 0 amide bonds. The van der Waals surface area contributed by atoms with Crippen LogP contribution in [0.3, 0.4) is 0 Å². The fourth-order valence-corrected chi connectivity index (χ4v) is 2.24. The van der Waals surface area contributed by atoms with Crippen molar-refractivity contribution in [2.45, 2.75) is 58.8 Å². The van der Waals surface area contributed by atoms with Crippen molar-refractivity contribution >= 4 is 5.97 Å². The molecule has 0 heterocycles. The highest BCUT2D eigenvalue weighted by molar-refractivity contribution is 5.90. The van der Waals surface area contributed by atoms with Crippen LogP contribution in [0.5, 0.6) is 0 Å². The molecule has 3 heteroatoms. The van der Waals surface area contributed by atoms with Crippen molar-refractivity contribution in [2.24, 2.45) is 0 Å². The smallest absolute Gasteiger partial charge is 0.338 e.